The molecule has 1 amide bonds. The quantitative estimate of drug-likeness (QED) is 0.127. The Morgan fingerprint density at radius 3 is 2.54 bits per heavy atom. The summed E-state index contributed by atoms with van der Waals surface area (Å²) in [6.07, 6.45) is -0.574. The van der Waals surface area contributed by atoms with Crippen LogP contribution >= 0.6 is 22.7 Å². The zero-order chi connectivity index (χ0) is 36.4. The Morgan fingerprint density at radius 2 is 1.79 bits per heavy atom. The molecule has 16 heteroatoms. The SMILES string of the molecule is CC(OC(=O)Cc1nn(Cc2nc3cc(C(F)(F)F)ccc3s2)c(=O)c2ccccc12)c1nccc(N2CCN(C(=O)/C=C/c3cccs3)CC2)n1. The Balaban J connectivity index is 1.02. The number of fused-ring (bicyclic) bond motifs is 2. The van der Waals surface area contributed by atoms with Crippen molar-refractivity contribution < 1.29 is 27.5 Å². The molecule has 1 atom stereocenters. The van der Waals surface area contributed by atoms with E-state index in [2.05, 4.69) is 20.1 Å². The van der Waals surface area contributed by atoms with E-state index in [1.165, 1.54) is 6.07 Å². The lowest BCUT2D eigenvalue weighted by Gasteiger charge is -2.35. The first kappa shape index (κ1) is 34.9. The summed E-state index contributed by atoms with van der Waals surface area (Å²) in [6.45, 7) is 3.76. The minimum atomic E-state index is -4.51. The molecule has 0 N–H and O–H groups in total. The van der Waals surface area contributed by atoms with Crippen LogP contribution in [0, 0.1) is 0 Å². The second kappa shape index (κ2) is 14.6. The summed E-state index contributed by atoms with van der Waals surface area (Å²) in [5.74, 6) is 0.287. The molecule has 11 nitrogen and oxygen atoms in total. The van der Waals surface area contributed by atoms with Crippen molar-refractivity contribution in [1.29, 1.82) is 0 Å². The van der Waals surface area contributed by atoms with Crippen molar-refractivity contribution in [2.24, 2.45) is 0 Å². The molecular weight excluding hydrogens is 716 g/mol. The average molecular weight is 746 g/mol. The average Bonchev–Trinajstić information content (AvgIpc) is 3.82. The van der Waals surface area contributed by atoms with Gasteiger partial charge in [0.05, 0.1) is 39.8 Å². The van der Waals surface area contributed by atoms with Gasteiger partial charge in [0.1, 0.15) is 10.8 Å². The molecule has 1 aliphatic heterocycles. The predicted molar refractivity (Wildman–Crippen MR) is 192 cm³/mol. The van der Waals surface area contributed by atoms with Crippen molar-refractivity contribution in [3.05, 3.63) is 116 Å². The van der Waals surface area contributed by atoms with Gasteiger partial charge in [-0.3, -0.25) is 14.4 Å². The molecule has 52 heavy (non-hydrogen) atoms. The van der Waals surface area contributed by atoms with Gasteiger partial charge in [0, 0.05) is 48.7 Å². The summed E-state index contributed by atoms with van der Waals surface area (Å²) in [6, 6.07) is 15.7. The molecule has 266 valence electrons. The van der Waals surface area contributed by atoms with E-state index in [9.17, 15) is 27.6 Å². The fourth-order valence-electron chi connectivity index (χ4n) is 5.86. The number of rotatable bonds is 9. The van der Waals surface area contributed by atoms with E-state index in [0.29, 0.717) is 64.0 Å². The number of benzene rings is 2. The largest absolute Gasteiger partial charge is 0.454 e. The van der Waals surface area contributed by atoms with Gasteiger partial charge in [-0.25, -0.2) is 19.6 Å². The van der Waals surface area contributed by atoms with Crippen LogP contribution < -0.4 is 10.5 Å². The van der Waals surface area contributed by atoms with Crippen LogP contribution in [0.15, 0.2) is 83.1 Å². The lowest BCUT2D eigenvalue weighted by molar-refractivity contribution is -0.148. The number of aromatic nitrogens is 5. The fraction of sp³-hybridized carbons (Fsp3) is 0.250. The summed E-state index contributed by atoms with van der Waals surface area (Å²) in [5, 5.41) is 7.63. The zero-order valence-corrected chi connectivity index (χ0v) is 29.2. The number of carbonyl (C=O) groups excluding carboxylic acids is 2. The summed E-state index contributed by atoms with van der Waals surface area (Å²) < 4.78 is 47.1. The molecule has 5 heterocycles. The van der Waals surface area contributed by atoms with Crippen molar-refractivity contribution in [2.75, 3.05) is 31.1 Å². The maximum Gasteiger partial charge on any atom is 0.416 e. The number of thiophene rings is 1. The molecule has 1 saturated heterocycles. The van der Waals surface area contributed by atoms with E-state index >= 15 is 0 Å². The second-order valence-corrected chi connectivity index (χ2v) is 14.1. The first-order valence-electron chi connectivity index (χ1n) is 16.2. The summed E-state index contributed by atoms with van der Waals surface area (Å²) in [7, 11) is 0. The third-order valence-corrected chi connectivity index (χ3v) is 10.3. The number of thiazole rings is 1. The third kappa shape index (κ3) is 7.72. The smallest absolute Gasteiger partial charge is 0.416 e. The van der Waals surface area contributed by atoms with Gasteiger partial charge in [0.15, 0.2) is 11.9 Å². The van der Waals surface area contributed by atoms with E-state index < -0.39 is 29.4 Å². The van der Waals surface area contributed by atoms with Crippen LogP contribution in [-0.2, 0) is 33.5 Å². The maximum atomic E-state index is 13.4. The molecule has 6 aromatic rings. The van der Waals surface area contributed by atoms with E-state index in [-0.39, 0.29) is 24.4 Å². The highest BCUT2D eigenvalue weighted by Crippen LogP contribution is 2.33. The number of nitrogens with zero attached hydrogens (tertiary/aromatic N) is 7. The van der Waals surface area contributed by atoms with Crippen LogP contribution in [0.3, 0.4) is 0 Å². The lowest BCUT2D eigenvalue weighted by atomic mass is 10.1. The molecule has 2 aromatic carbocycles. The highest BCUT2D eigenvalue weighted by atomic mass is 32.1. The molecule has 1 unspecified atom stereocenters. The minimum Gasteiger partial charge on any atom is -0.454 e. The Morgan fingerprint density at radius 1 is 1.00 bits per heavy atom. The van der Waals surface area contributed by atoms with Crippen molar-refractivity contribution in [3.63, 3.8) is 0 Å². The van der Waals surface area contributed by atoms with E-state index in [1.54, 1.807) is 65.8 Å². The normalized spacial score (nSPS) is 14.4. The van der Waals surface area contributed by atoms with E-state index in [4.69, 9.17) is 4.74 Å². The lowest BCUT2D eigenvalue weighted by Crippen LogP contribution is -2.48. The second-order valence-electron chi connectivity index (χ2n) is 12.0. The molecule has 1 fully saturated rings. The summed E-state index contributed by atoms with van der Waals surface area (Å²) in [5.41, 5.74) is -0.778. The van der Waals surface area contributed by atoms with Gasteiger partial charge in [-0.15, -0.1) is 22.7 Å². The number of carbonyl (C=O) groups is 2. The Labute approximate surface area is 302 Å². The van der Waals surface area contributed by atoms with Crippen LogP contribution in [0.4, 0.5) is 19.0 Å². The molecular formula is C36H30F3N7O4S2. The topological polar surface area (TPSA) is 123 Å². The maximum absolute atomic E-state index is 13.4. The number of halogens is 3. The Hall–Kier alpha value is -5.48. The number of esters is 1. The van der Waals surface area contributed by atoms with Gasteiger partial charge in [-0.05, 0) is 54.8 Å². The van der Waals surface area contributed by atoms with Crippen molar-refractivity contribution in [2.45, 2.75) is 32.2 Å². The monoisotopic (exact) mass is 745 g/mol. The number of anilines is 1. The molecule has 0 spiro atoms. The highest BCUT2D eigenvalue weighted by molar-refractivity contribution is 7.18. The van der Waals surface area contributed by atoms with Crippen LogP contribution in [-0.4, -0.2) is 67.7 Å². The molecule has 1 aliphatic rings. The van der Waals surface area contributed by atoms with Gasteiger partial charge < -0.3 is 14.5 Å². The highest BCUT2D eigenvalue weighted by Gasteiger charge is 2.31. The van der Waals surface area contributed by atoms with Gasteiger partial charge in [0.2, 0.25) is 5.91 Å². The fourth-order valence-corrected chi connectivity index (χ4v) is 7.40. The molecule has 0 radical (unpaired) electrons. The van der Waals surface area contributed by atoms with Crippen LogP contribution in [0.1, 0.15) is 40.0 Å². The summed E-state index contributed by atoms with van der Waals surface area (Å²) in [4.78, 5) is 57.5. The van der Waals surface area contributed by atoms with Crippen LogP contribution in [0.25, 0.3) is 27.1 Å². The number of hydrogen-bond donors (Lipinski definition) is 0. The van der Waals surface area contributed by atoms with Gasteiger partial charge in [-0.1, -0.05) is 24.3 Å². The summed E-state index contributed by atoms with van der Waals surface area (Å²) >= 11 is 2.72. The predicted octanol–water partition coefficient (Wildman–Crippen LogP) is 6.13. The molecule has 0 saturated carbocycles. The number of piperazine rings is 1. The van der Waals surface area contributed by atoms with E-state index in [1.807, 2.05) is 28.5 Å². The van der Waals surface area contributed by atoms with Gasteiger partial charge in [0.25, 0.3) is 5.56 Å². The number of ether oxygens (including phenoxy) is 1. The first-order chi connectivity index (χ1) is 25.0. The molecule has 0 aliphatic carbocycles. The molecule has 4 aromatic heterocycles. The van der Waals surface area contributed by atoms with Gasteiger partial charge in [-0.2, -0.15) is 18.3 Å². The number of hydrogen-bond acceptors (Lipinski definition) is 11. The number of amides is 1. The Bertz CT molecular complexity index is 2350. The van der Waals surface area contributed by atoms with Crippen molar-refractivity contribution >= 4 is 67.4 Å². The van der Waals surface area contributed by atoms with Gasteiger partial charge >= 0.3 is 12.1 Å². The van der Waals surface area contributed by atoms with Crippen molar-refractivity contribution in [3.8, 4) is 0 Å². The molecule has 7 rings (SSSR count). The third-order valence-electron chi connectivity index (χ3n) is 8.48. The first-order valence-corrected chi connectivity index (χ1v) is 17.9. The van der Waals surface area contributed by atoms with E-state index in [0.717, 1.165) is 33.0 Å². The Kier molecular flexibility index (Phi) is 9.83. The number of alkyl halides is 3. The zero-order valence-electron chi connectivity index (χ0n) is 27.6. The standard InChI is InChI=1S/C36H30F3N7O4S2/c1-22(34-40-13-12-30(42-34)44-14-16-45(17-15-44)32(47)11-9-24-5-4-18-51-24)50-33(48)20-27-25-6-2-3-7-26(25)35(49)46(43-27)21-31-41-28-19-23(36(37,38)39)8-10-29(28)52-31/h2-13,18-19,22H,14-17,20-21H2,1H3/b11-9+. The van der Waals surface area contributed by atoms with Crippen LogP contribution in [0.5, 0.6) is 0 Å². The minimum absolute atomic E-state index is 0.0469. The molecule has 0 bridgehead atoms. The van der Waals surface area contributed by atoms with Crippen LogP contribution in [0.2, 0.25) is 0 Å². The van der Waals surface area contributed by atoms with Crippen molar-refractivity contribution in [1.82, 2.24) is 29.6 Å².